The number of carbonyl (C=O) groups excluding carboxylic acids is 2. The highest BCUT2D eigenvalue weighted by molar-refractivity contribution is 6.51. The van der Waals surface area contributed by atoms with Crippen molar-refractivity contribution in [2.45, 2.75) is 19.9 Å². The minimum atomic E-state index is -0.731. The molecule has 156 valence electrons. The predicted octanol–water partition coefficient (Wildman–Crippen LogP) is 4.94. The standard InChI is InChI=1S/C26H23NO4/c1-16-8-7-11-20(14-16)27-23(18-9-5-4-6-10-18)22(25(29)26(27)30)24(28)19-12-13-21(31-3)17(2)15-19/h4-15,23,28H,1-3H3/b24-22-. The van der Waals surface area contributed by atoms with E-state index in [2.05, 4.69) is 0 Å². The topological polar surface area (TPSA) is 66.8 Å². The number of aliphatic hydroxyl groups is 1. The zero-order valence-electron chi connectivity index (χ0n) is 17.6. The number of hydrogen-bond donors (Lipinski definition) is 1. The van der Waals surface area contributed by atoms with Gasteiger partial charge in [-0.25, -0.2) is 0 Å². The lowest BCUT2D eigenvalue weighted by atomic mass is 9.94. The second kappa shape index (κ2) is 8.11. The normalized spacial score (nSPS) is 17.8. The Morgan fingerprint density at radius 3 is 2.32 bits per heavy atom. The van der Waals surface area contributed by atoms with E-state index in [-0.39, 0.29) is 11.3 Å². The van der Waals surface area contributed by atoms with Crippen LogP contribution in [0.4, 0.5) is 5.69 Å². The number of ketones is 1. The fourth-order valence-electron chi connectivity index (χ4n) is 4.01. The molecular formula is C26H23NO4. The van der Waals surface area contributed by atoms with Crippen LogP contribution < -0.4 is 9.64 Å². The van der Waals surface area contributed by atoms with Crippen LogP contribution in [0.1, 0.15) is 28.3 Å². The summed E-state index contributed by atoms with van der Waals surface area (Å²) in [6.07, 6.45) is 0. The van der Waals surface area contributed by atoms with Gasteiger partial charge < -0.3 is 9.84 Å². The molecule has 5 heteroatoms. The Morgan fingerprint density at radius 1 is 0.935 bits per heavy atom. The molecule has 0 bridgehead atoms. The van der Waals surface area contributed by atoms with Crippen LogP contribution in [-0.2, 0) is 9.59 Å². The lowest BCUT2D eigenvalue weighted by Crippen LogP contribution is -2.29. The van der Waals surface area contributed by atoms with Crippen molar-refractivity contribution in [3.63, 3.8) is 0 Å². The van der Waals surface area contributed by atoms with Gasteiger partial charge in [-0.3, -0.25) is 14.5 Å². The highest BCUT2D eigenvalue weighted by Gasteiger charge is 2.46. The first-order valence-electron chi connectivity index (χ1n) is 10.00. The number of methoxy groups -OCH3 is 1. The van der Waals surface area contributed by atoms with Gasteiger partial charge in [0.1, 0.15) is 11.5 Å². The quantitative estimate of drug-likeness (QED) is 0.374. The van der Waals surface area contributed by atoms with E-state index in [1.165, 1.54) is 4.90 Å². The Labute approximate surface area is 181 Å². The van der Waals surface area contributed by atoms with E-state index in [0.717, 1.165) is 16.7 Å². The Hall–Kier alpha value is -3.86. The Kier molecular flexibility index (Phi) is 5.34. The fraction of sp³-hybridized carbons (Fsp3) is 0.154. The fourth-order valence-corrected chi connectivity index (χ4v) is 4.01. The molecule has 1 aliphatic heterocycles. The van der Waals surface area contributed by atoms with Crippen molar-refractivity contribution >= 4 is 23.1 Å². The number of anilines is 1. The first kappa shape index (κ1) is 20.4. The maximum absolute atomic E-state index is 13.1. The highest BCUT2D eigenvalue weighted by atomic mass is 16.5. The summed E-state index contributed by atoms with van der Waals surface area (Å²) in [5.41, 5.74) is 3.67. The van der Waals surface area contributed by atoms with E-state index in [9.17, 15) is 14.7 Å². The number of aryl methyl sites for hydroxylation is 2. The van der Waals surface area contributed by atoms with Crippen LogP contribution in [0.2, 0.25) is 0 Å². The van der Waals surface area contributed by atoms with Gasteiger partial charge >= 0.3 is 0 Å². The molecule has 1 N–H and O–H groups in total. The number of carbonyl (C=O) groups is 2. The van der Waals surface area contributed by atoms with E-state index in [1.807, 2.05) is 62.4 Å². The maximum atomic E-state index is 13.1. The second-order valence-electron chi connectivity index (χ2n) is 7.60. The van der Waals surface area contributed by atoms with Crippen molar-refractivity contribution in [1.82, 2.24) is 0 Å². The first-order valence-corrected chi connectivity index (χ1v) is 10.00. The monoisotopic (exact) mass is 413 g/mol. The van der Waals surface area contributed by atoms with Gasteiger partial charge in [0.15, 0.2) is 0 Å². The van der Waals surface area contributed by atoms with E-state index >= 15 is 0 Å². The zero-order valence-corrected chi connectivity index (χ0v) is 17.6. The third-order valence-corrected chi connectivity index (χ3v) is 5.51. The maximum Gasteiger partial charge on any atom is 0.300 e. The van der Waals surface area contributed by atoms with Crippen molar-refractivity contribution in [2.75, 3.05) is 12.0 Å². The number of ether oxygens (including phenoxy) is 1. The molecule has 3 aromatic rings. The zero-order chi connectivity index (χ0) is 22.1. The number of rotatable bonds is 4. The molecular weight excluding hydrogens is 390 g/mol. The average Bonchev–Trinajstić information content (AvgIpc) is 3.04. The van der Waals surface area contributed by atoms with Crippen LogP contribution in [0.15, 0.2) is 78.4 Å². The summed E-state index contributed by atoms with van der Waals surface area (Å²) in [5, 5.41) is 11.2. The minimum absolute atomic E-state index is 0.0715. The summed E-state index contributed by atoms with van der Waals surface area (Å²) in [7, 11) is 1.57. The molecule has 4 rings (SSSR count). The summed E-state index contributed by atoms with van der Waals surface area (Å²) >= 11 is 0. The molecule has 1 heterocycles. The van der Waals surface area contributed by atoms with E-state index in [4.69, 9.17) is 4.74 Å². The number of aliphatic hydroxyl groups excluding tert-OH is 1. The summed E-state index contributed by atoms with van der Waals surface area (Å²) < 4.78 is 5.29. The lowest BCUT2D eigenvalue weighted by molar-refractivity contribution is -0.132. The van der Waals surface area contributed by atoms with Crippen molar-refractivity contribution in [3.05, 3.63) is 101 Å². The summed E-state index contributed by atoms with van der Waals surface area (Å²) in [6, 6.07) is 21.1. The molecule has 31 heavy (non-hydrogen) atoms. The van der Waals surface area contributed by atoms with E-state index < -0.39 is 17.7 Å². The van der Waals surface area contributed by atoms with Gasteiger partial charge in [0.05, 0.1) is 18.7 Å². The molecule has 1 fully saturated rings. The van der Waals surface area contributed by atoms with Crippen LogP contribution in [-0.4, -0.2) is 23.9 Å². The van der Waals surface area contributed by atoms with Gasteiger partial charge in [0.2, 0.25) is 0 Å². The molecule has 1 amide bonds. The van der Waals surface area contributed by atoms with E-state index in [1.54, 1.807) is 31.4 Å². The van der Waals surface area contributed by atoms with Crippen LogP contribution in [0.5, 0.6) is 5.75 Å². The molecule has 3 aromatic carbocycles. The smallest absolute Gasteiger partial charge is 0.300 e. The summed E-state index contributed by atoms with van der Waals surface area (Å²) in [4.78, 5) is 27.7. The van der Waals surface area contributed by atoms with Crippen LogP contribution in [0.3, 0.4) is 0 Å². The third-order valence-electron chi connectivity index (χ3n) is 5.51. The van der Waals surface area contributed by atoms with Gasteiger partial charge in [-0.2, -0.15) is 0 Å². The van der Waals surface area contributed by atoms with Crippen molar-refractivity contribution in [2.24, 2.45) is 0 Å². The lowest BCUT2D eigenvalue weighted by Gasteiger charge is -2.25. The largest absolute Gasteiger partial charge is 0.507 e. The van der Waals surface area contributed by atoms with Crippen LogP contribution in [0.25, 0.3) is 5.76 Å². The third kappa shape index (κ3) is 3.59. The number of amides is 1. The molecule has 0 aliphatic carbocycles. The van der Waals surface area contributed by atoms with Crippen molar-refractivity contribution in [3.8, 4) is 5.75 Å². The van der Waals surface area contributed by atoms with Gasteiger partial charge in [-0.1, -0.05) is 42.5 Å². The van der Waals surface area contributed by atoms with Crippen LogP contribution in [0, 0.1) is 13.8 Å². The first-order chi connectivity index (χ1) is 14.9. The molecule has 0 spiro atoms. The average molecular weight is 413 g/mol. The summed E-state index contributed by atoms with van der Waals surface area (Å²) in [5.74, 6) is -0.892. The highest BCUT2D eigenvalue weighted by Crippen LogP contribution is 2.42. The van der Waals surface area contributed by atoms with Gasteiger partial charge in [0, 0.05) is 11.3 Å². The Bertz CT molecular complexity index is 1200. The SMILES string of the molecule is COc1ccc(/C(O)=C2/C(=O)C(=O)N(c3cccc(C)c3)C2c2ccccc2)cc1C. The molecule has 0 saturated carbocycles. The second-order valence-corrected chi connectivity index (χ2v) is 7.60. The van der Waals surface area contributed by atoms with Gasteiger partial charge in [0.25, 0.3) is 11.7 Å². The molecule has 1 saturated heterocycles. The number of nitrogens with zero attached hydrogens (tertiary/aromatic N) is 1. The molecule has 1 unspecified atom stereocenters. The molecule has 5 nitrogen and oxygen atoms in total. The Morgan fingerprint density at radius 2 is 1.68 bits per heavy atom. The molecule has 1 aliphatic rings. The van der Waals surface area contributed by atoms with Crippen LogP contribution >= 0.6 is 0 Å². The number of Topliss-reactive ketones (excluding diaryl/α,β-unsaturated/α-hetero) is 1. The van der Waals surface area contributed by atoms with E-state index in [0.29, 0.717) is 17.0 Å². The Balaban J connectivity index is 1.93. The van der Waals surface area contributed by atoms with Crippen molar-refractivity contribution < 1.29 is 19.4 Å². The minimum Gasteiger partial charge on any atom is -0.507 e. The molecule has 0 aromatic heterocycles. The molecule has 0 radical (unpaired) electrons. The van der Waals surface area contributed by atoms with Crippen molar-refractivity contribution in [1.29, 1.82) is 0 Å². The number of benzene rings is 3. The van der Waals surface area contributed by atoms with Gasteiger partial charge in [-0.15, -0.1) is 0 Å². The predicted molar refractivity (Wildman–Crippen MR) is 120 cm³/mol. The van der Waals surface area contributed by atoms with Gasteiger partial charge in [-0.05, 0) is 60.9 Å². The summed E-state index contributed by atoms with van der Waals surface area (Å²) in [6.45, 7) is 3.79. The number of hydrogen-bond acceptors (Lipinski definition) is 4. The molecule has 1 atom stereocenters.